The molecule has 2 unspecified atom stereocenters. The van der Waals surface area contributed by atoms with E-state index in [1.807, 2.05) is 6.92 Å². The standard InChI is InChI=1S/C9H16N4O/c1-6-3-4-8(5-14-6)11-9-10-7(2)12-13-9/h6,8H,3-5H2,1-2H3,(H2,10,11,12,13). The summed E-state index contributed by atoms with van der Waals surface area (Å²) < 4.78 is 5.54. The van der Waals surface area contributed by atoms with Crippen LogP contribution in [-0.4, -0.2) is 33.9 Å². The molecule has 0 radical (unpaired) electrons. The molecule has 78 valence electrons. The highest BCUT2D eigenvalue weighted by Gasteiger charge is 2.19. The van der Waals surface area contributed by atoms with Gasteiger partial charge in [0.1, 0.15) is 5.82 Å². The predicted octanol–water partition coefficient (Wildman–Crippen LogP) is 1.09. The van der Waals surface area contributed by atoms with Gasteiger partial charge in [0.15, 0.2) is 0 Å². The Kier molecular flexibility index (Phi) is 2.67. The zero-order chi connectivity index (χ0) is 9.97. The lowest BCUT2D eigenvalue weighted by molar-refractivity contribution is 0.0213. The van der Waals surface area contributed by atoms with Gasteiger partial charge in [-0.05, 0) is 26.7 Å². The zero-order valence-corrected chi connectivity index (χ0v) is 8.58. The highest BCUT2D eigenvalue weighted by atomic mass is 16.5. The van der Waals surface area contributed by atoms with Crippen LogP contribution in [0.1, 0.15) is 25.6 Å². The SMILES string of the molecule is Cc1nc(NC2CCC(C)OC2)n[nH]1. The number of hydrogen-bond acceptors (Lipinski definition) is 4. The minimum atomic E-state index is 0.349. The fourth-order valence-corrected chi connectivity index (χ4v) is 1.59. The number of nitrogens with zero attached hydrogens (tertiary/aromatic N) is 2. The van der Waals surface area contributed by atoms with Crippen molar-refractivity contribution in [3.05, 3.63) is 5.82 Å². The van der Waals surface area contributed by atoms with Gasteiger partial charge in [-0.3, -0.25) is 5.10 Å². The topological polar surface area (TPSA) is 62.8 Å². The van der Waals surface area contributed by atoms with Crippen LogP contribution < -0.4 is 5.32 Å². The molecule has 1 aliphatic heterocycles. The van der Waals surface area contributed by atoms with Crippen molar-refractivity contribution in [1.29, 1.82) is 0 Å². The lowest BCUT2D eigenvalue weighted by Crippen LogP contribution is -2.33. The zero-order valence-electron chi connectivity index (χ0n) is 8.58. The molecule has 0 saturated carbocycles. The van der Waals surface area contributed by atoms with Crippen molar-refractivity contribution in [3.8, 4) is 0 Å². The van der Waals surface area contributed by atoms with Crippen LogP contribution in [0, 0.1) is 6.92 Å². The number of nitrogens with one attached hydrogen (secondary N) is 2. The van der Waals surface area contributed by atoms with E-state index in [9.17, 15) is 0 Å². The first-order valence-electron chi connectivity index (χ1n) is 5.01. The van der Waals surface area contributed by atoms with Gasteiger partial charge in [0, 0.05) is 0 Å². The number of anilines is 1. The summed E-state index contributed by atoms with van der Waals surface area (Å²) >= 11 is 0. The number of H-pyrrole nitrogens is 1. The van der Waals surface area contributed by atoms with E-state index >= 15 is 0 Å². The van der Waals surface area contributed by atoms with Gasteiger partial charge >= 0.3 is 0 Å². The van der Waals surface area contributed by atoms with Crippen LogP contribution in [0.4, 0.5) is 5.95 Å². The predicted molar refractivity (Wildman–Crippen MR) is 53.2 cm³/mol. The number of hydrogen-bond donors (Lipinski definition) is 2. The molecule has 2 heterocycles. The third kappa shape index (κ3) is 2.23. The van der Waals surface area contributed by atoms with E-state index in [1.54, 1.807) is 0 Å². The fraction of sp³-hybridized carbons (Fsp3) is 0.778. The molecule has 1 fully saturated rings. The summed E-state index contributed by atoms with van der Waals surface area (Å²) in [5.74, 6) is 1.50. The average molecular weight is 196 g/mol. The third-order valence-electron chi connectivity index (χ3n) is 2.43. The third-order valence-corrected chi connectivity index (χ3v) is 2.43. The average Bonchev–Trinajstić information content (AvgIpc) is 2.56. The molecule has 2 atom stereocenters. The van der Waals surface area contributed by atoms with Gasteiger partial charge in [0.05, 0.1) is 18.8 Å². The van der Waals surface area contributed by atoms with Crippen LogP contribution >= 0.6 is 0 Å². The van der Waals surface area contributed by atoms with Gasteiger partial charge in [-0.25, -0.2) is 0 Å². The molecule has 2 rings (SSSR count). The van der Waals surface area contributed by atoms with E-state index < -0.39 is 0 Å². The summed E-state index contributed by atoms with van der Waals surface area (Å²) in [7, 11) is 0. The van der Waals surface area contributed by atoms with Crippen molar-refractivity contribution >= 4 is 5.95 Å². The van der Waals surface area contributed by atoms with Crippen molar-refractivity contribution in [2.24, 2.45) is 0 Å². The molecule has 0 bridgehead atoms. The first-order valence-corrected chi connectivity index (χ1v) is 5.01. The van der Waals surface area contributed by atoms with Crippen LogP contribution in [0.3, 0.4) is 0 Å². The summed E-state index contributed by atoms with van der Waals surface area (Å²) in [4.78, 5) is 4.19. The summed E-state index contributed by atoms with van der Waals surface area (Å²) in [6.07, 6.45) is 2.61. The molecule has 1 aromatic rings. The Morgan fingerprint density at radius 2 is 2.36 bits per heavy atom. The maximum atomic E-state index is 5.54. The van der Waals surface area contributed by atoms with Gasteiger partial charge in [-0.2, -0.15) is 4.98 Å². The lowest BCUT2D eigenvalue weighted by Gasteiger charge is -2.26. The lowest BCUT2D eigenvalue weighted by atomic mass is 10.1. The molecule has 2 N–H and O–H groups in total. The number of aryl methyl sites for hydroxylation is 1. The molecule has 1 saturated heterocycles. The monoisotopic (exact) mass is 196 g/mol. The van der Waals surface area contributed by atoms with Crippen molar-refractivity contribution in [2.45, 2.75) is 38.8 Å². The second-order valence-electron chi connectivity index (χ2n) is 3.81. The van der Waals surface area contributed by atoms with E-state index in [0.717, 1.165) is 25.3 Å². The van der Waals surface area contributed by atoms with Crippen LogP contribution in [-0.2, 0) is 4.74 Å². The van der Waals surface area contributed by atoms with Crippen LogP contribution in [0.5, 0.6) is 0 Å². The Morgan fingerprint density at radius 3 is 2.93 bits per heavy atom. The normalized spacial score (nSPS) is 27.6. The van der Waals surface area contributed by atoms with E-state index in [-0.39, 0.29) is 0 Å². The molecule has 5 nitrogen and oxygen atoms in total. The summed E-state index contributed by atoms with van der Waals surface area (Å²) in [6.45, 7) is 4.74. The van der Waals surface area contributed by atoms with Gasteiger partial charge < -0.3 is 10.1 Å². The fourth-order valence-electron chi connectivity index (χ4n) is 1.59. The van der Waals surface area contributed by atoms with Crippen LogP contribution in [0.2, 0.25) is 0 Å². The van der Waals surface area contributed by atoms with E-state index in [1.165, 1.54) is 0 Å². The smallest absolute Gasteiger partial charge is 0.242 e. The number of ether oxygens (including phenoxy) is 1. The maximum Gasteiger partial charge on any atom is 0.242 e. The van der Waals surface area contributed by atoms with Crippen molar-refractivity contribution < 1.29 is 4.74 Å². The molecule has 1 aliphatic rings. The first kappa shape index (κ1) is 9.45. The summed E-state index contributed by atoms with van der Waals surface area (Å²) in [5, 5.41) is 10.1. The Hall–Kier alpha value is -1.10. The quantitative estimate of drug-likeness (QED) is 0.743. The van der Waals surface area contributed by atoms with Crippen molar-refractivity contribution in [2.75, 3.05) is 11.9 Å². The first-order chi connectivity index (χ1) is 6.74. The second-order valence-corrected chi connectivity index (χ2v) is 3.81. The Morgan fingerprint density at radius 1 is 1.50 bits per heavy atom. The number of aromatic nitrogens is 3. The van der Waals surface area contributed by atoms with Gasteiger partial charge in [-0.1, -0.05) is 0 Å². The van der Waals surface area contributed by atoms with Gasteiger partial charge in [-0.15, -0.1) is 5.10 Å². The van der Waals surface area contributed by atoms with Gasteiger partial charge in [0.2, 0.25) is 5.95 Å². The molecular weight excluding hydrogens is 180 g/mol. The molecule has 0 aromatic carbocycles. The number of aromatic amines is 1. The van der Waals surface area contributed by atoms with E-state index in [2.05, 4.69) is 27.4 Å². The van der Waals surface area contributed by atoms with Crippen molar-refractivity contribution in [1.82, 2.24) is 15.2 Å². The molecule has 0 spiro atoms. The molecule has 1 aromatic heterocycles. The summed E-state index contributed by atoms with van der Waals surface area (Å²) in [5.41, 5.74) is 0. The number of rotatable bonds is 2. The molecular formula is C9H16N4O. The van der Waals surface area contributed by atoms with E-state index in [0.29, 0.717) is 18.1 Å². The van der Waals surface area contributed by atoms with Crippen LogP contribution in [0.15, 0.2) is 0 Å². The molecule has 5 heteroatoms. The Labute approximate surface area is 83.3 Å². The van der Waals surface area contributed by atoms with Crippen LogP contribution in [0.25, 0.3) is 0 Å². The second kappa shape index (κ2) is 3.96. The largest absolute Gasteiger partial charge is 0.376 e. The molecule has 0 amide bonds. The maximum absolute atomic E-state index is 5.54. The molecule has 0 aliphatic carbocycles. The van der Waals surface area contributed by atoms with Crippen molar-refractivity contribution in [3.63, 3.8) is 0 Å². The molecule has 14 heavy (non-hydrogen) atoms. The Bertz CT molecular complexity index is 291. The minimum Gasteiger partial charge on any atom is -0.376 e. The minimum absolute atomic E-state index is 0.349. The van der Waals surface area contributed by atoms with E-state index in [4.69, 9.17) is 4.74 Å². The summed E-state index contributed by atoms with van der Waals surface area (Å²) in [6, 6.07) is 0.349. The van der Waals surface area contributed by atoms with Gasteiger partial charge in [0.25, 0.3) is 0 Å². The Balaban J connectivity index is 1.86. The highest BCUT2D eigenvalue weighted by molar-refractivity contribution is 5.24. The highest BCUT2D eigenvalue weighted by Crippen LogP contribution is 2.15.